The molecule has 0 saturated carbocycles. The average Bonchev–Trinajstić information content (AvgIpc) is 2.56. The van der Waals surface area contributed by atoms with Crippen LogP contribution in [-0.4, -0.2) is 42.3 Å². The maximum atomic E-state index is 13.1. The van der Waals surface area contributed by atoms with E-state index in [1.54, 1.807) is 12.4 Å². The molecule has 0 unspecified atom stereocenters. The molecule has 0 atom stereocenters. The zero-order valence-electron chi connectivity index (χ0n) is 13.0. The highest BCUT2D eigenvalue weighted by Crippen LogP contribution is 2.15. The molecular formula is C16H18F2N4O2. The van der Waals surface area contributed by atoms with Gasteiger partial charge in [-0.1, -0.05) is 0 Å². The second kappa shape index (κ2) is 7.39. The first-order chi connectivity index (χ1) is 11.6. The summed E-state index contributed by atoms with van der Waals surface area (Å²) in [6.45, 7) is 3.46. The minimum absolute atomic E-state index is 0.0944. The third kappa shape index (κ3) is 3.88. The Morgan fingerprint density at radius 2 is 1.88 bits per heavy atom. The number of hydrogen-bond acceptors (Lipinski definition) is 5. The van der Waals surface area contributed by atoms with Gasteiger partial charge in [-0.2, -0.15) is 0 Å². The second-order valence-corrected chi connectivity index (χ2v) is 5.44. The Bertz CT molecular complexity index is 740. The van der Waals surface area contributed by atoms with E-state index in [0.717, 1.165) is 44.4 Å². The average molecular weight is 336 g/mol. The second-order valence-electron chi connectivity index (χ2n) is 5.44. The van der Waals surface area contributed by atoms with Gasteiger partial charge in [0.25, 0.3) is 5.56 Å². The largest absolute Gasteiger partial charge is 0.492 e. The SMILES string of the molecule is O=c1c(N2CCNCC2)nccn1CCOc1cc(F)cc(F)c1. The van der Waals surface area contributed by atoms with Crippen LogP contribution in [0.15, 0.2) is 35.4 Å². The van der Waals surface area contributed by atoms with Crippen molar-refractivity contribution in [2.75, 3.05) is 37.7 Å². The molecule has 8 heteroatoms. The number of nitrogens with one attached hydrogen (secondary N) is 1. The molecule has 1 N–H and O–H groups in total. The number of nitrogens with zero attached hydrogens (tertiary/aromatic N) is 3. The summed E-state index contributed by atoms with van der Waals surface area (Å²) >= 11 is 0. The van der Waals surface area contributed by atoms with E-state index in [2.05, 4.69) is 10.3 Å². The molecule has 6 nitrogen and oxygen atoms in total. The molecule has 2 aromatic rings. The molecule has 1 aliphatic rings. The first-order valence-electron chi connectivity index (χ1n) is 7.73. The fourth-order valence-corrected chi connectivity index (χ4v) is 2.58. The van der Waals surface area contributed by atoms with E-state index in [0.29, 0.717) is 5.82 Å². The van der Waals surface area contributed by atoms with Gasteiger partial charge in [0.2, 0.25) is 0 Å². The van der Waals surface area contributed by atoms with Crippen molar-refractivity contribution in [1.82, 2.24) is 14.9 Å². The van der Waals surface area contributed by atoms with Gasteiger partial charge >= 0.3 is 0 Å². The monoisotopic (exact) mass is 336 g/mol. The van der Waals surface area contributed by atoms with Crippen LogP contribution >= 0.6 is 0 Å². The highest BCUT2D eigenvalue weighted by atomic mass is 19.1. The molecule has 0 aliphatic carbocycles. The van der Waals surface area contributed by atoms with Gasteiger partial charge < -0.3 is 19.5 Å². The zero-order chi connectivity index (χ0) is 16.9. The van der Waals surface area contributed by atoms with Gasteiger partial charge in [0, 0.05) is 56.8 Å². The normalized spacial score (nSPS) is 14.7. The van der Waals surface area contributed by atoms with Crippen LogP contribution in [-0.2, 0) is 6.54 Å². The van der Waals surface area contributed by atoms with Crippen LogP contribution in [0.4, 0.5) is 14.6 Å². The standard InChI is InChI=1S/C16H18F2N4O2/c17-12-9-13(18)11-14(10-12)24-8-7-22-6-3-20-15(16(22)23)21-4-1-19-2-5-21/h3,6,9-11,19H,1-2,4-5,7-8H2. The third-order valence-electron chi connectivity index (χ3n) is 3.75. The maximum absolute atomic E-state index is 13.1. The fraction of sp³-hybridized carbons (Fsp3) is 0.375. The molecule has 0 radical (unpaired) electrons. The molecule has 2 heterocycles. The van der Waals surface area contributed by atoms with Crippen LogP contribution in [0, 0.1) is 11.6 Å². The number of anilines is 1. The van der Waals surface area contributed by atoms with Crippen molar-refractivity contribution in [3.63, 3.8) is 0 Å². The van der Waals surface area contributed by atoms with Crippen LogP contribution < -0.4 is 20.5 Å². The van der Waals surface area contributed by atoms with E-state index in [1.165, 1.54) is 4.57 Å². The summed E-state index contributed by atoms with van der Waals surface area (Å²) in [6, 6.07) is 2.98. The summed E-state index contributed by atoms with van der Waals surface area (Å²) in [5.41, 5.74) is -0.201. The highest BCUT2D eigenvalue weighted by molar-refractivity contribution is 5.36. The van der Waals surface area contributed by atoms with Crippen molar-refractivity contribution in [3.05, 3.63) is 52.6 Å². The van der Waals surface area contributed by atoms with Crippen LogP contribution in [0.2, 0.25) is 0 Å². The summed E-state index contributed by atoms with van der Waals surface area (Å²) in [5.74, 6) is -0.896. The molecule has 1 fully saturated rings. The van der Waals surface area contributed by atoms with Crippen molar-refractivity contribution in [2.24, 2.45) is 0 Å². The van der Waals surface area contributed by atoms with E-state index >= 15 is 0 Å². The molecule has 1 aliphatic heterocycles. The molecule has 1 aromatic carbocycles. The minimum Gasteiger partial charge on any atom is -0.492 e. The van der Waals surface area contributed by atoms with Crippen molar-refractivity contribution >= 4 is 5.82 Å². The summed E-state index contributed by atoms with van der Waals surface area (Å²) in [5, 5.41) is 3.22. The lowest BCUT2D eigenvalue weighted by molar-refractivity contribution is 0.293. The van der Waals surface area contributed by atoms with E-state index in [-0.39, 0.29) is 24.5 Å². The summed E-state index contributed by atoms with van der Waals surface area (Å²) in [7, 11) is 0. The first kappa shape index (κ1) is 16.4. The van der Waals surface area contributed by atoms with Gasteiger partial charge in [0.15, 0.2) is 5.82 Å². The first-order valence-corrected chi connectivity index (χ1v) is 7.73. The van der Waals surface area contributed by atoms with Gasteiger partial charge in [0.05, 0.1) is 6.54 Å². The number of rotatable bonds is 5. The van der Waals surface area contributed by atoms with Crippen molar-refractivity contribution in [3.8, 4) is 5.75 Å². The van der Waals surface area contributed by atoms with Gasteiger partial charge in [-0.15, -0.1) is 0 Å². The molecule has 24 heavy (non-hydrogen) atoms. The lowest BCUT2D eigenvalue weighted by Gasteiger charge is -2.27. The Hall–Kier alpha value is -2.48. The Morgan fingerprint density at radius 3 is 2.58 bits per heavy atom. The summed E-state index contributed by atoms with van der Waals surface area (Å²) in [6.07, 6.45) is 3.14. The van der Waals surface area contributed by atoms with Crippen molar-refractivity contribution in [1.29, 1.82) is 0 Å². The Balaban J connectivity index is 1.66. The number of piperazine rings is 1. The summed E-state index contributed by atoms with van der Waals surface area (Å²) in [4.78, 5) is 18.6. The predicted molar refractivity (Wildman–Crippen MR) is 85.4 cm³/mol. The van der Waals surface area contributed by atoms with Gasteiger partial charge in [-0.3, -0.25) is 4.79 Å². The van der Waals surface area contributed by atoms with E-state index < -0.39 is 11.6 Å². The smallest absolute Gasteiger partial charge is 0.293 e. The van der Waals surface area contributed by atoms with E-state index in [1.807, 2.05) is 4.90 Å². The zero-order valence-corrected chi connectivity index (χ0v) is 13.0. The minimum atomic E-state index is -0.702. The Morgan fingerprint density at radius 1 is 1.17 bits per heavy atom. The number of aromatic nitrogens is 2. The van der Waals surface area contributed by atoms with Crippen LogP contribution in [0.5, 0.6) is 5.75 Å². The van der Waals surface area contributed by atoms with Gasteiger partial charge in [-0.25, -0.2) is 13.8 Å². The molecular weight excluding hydrogens is 318 g/mol. The molecule has 0 bridgehead atoms. The molecule has 128 valence electrons. The molecule has 3 rings (SSSR count). The number of benzene rings is 1. The van der Waals surface area contributed by atoms with Gasteiger partial charge in [-0.05, 0) is 0 Å². The summed E-state index contributed by atoms with van der Waals surface area (Å²) < 4.78 is 33.0. The van der Waals surface area contributed by atoms with Crippen molar-refractivity contribution in [2.45, 2.75) is 6.54 Å². The topological polar surface area (TPSA) is 59.4 Å². The number of hydrogen-bond donors (Lipinski definition) is 1. The van der Waals surface area contributed by atoms with E-state index in [4.69, 9.17) is 4.74 Å². The molecule has 0 spiro atoms. The lowest BCUT2D eigenvalue weighted by atomic mass is 10.3. The molecule has 1 aromatic heterocycles. The highest BCUT2D eigenvalue weighted by Gasteiger charge is 2.16. The van der Waals surface area contributed by atoms with Crippen LogP contribution in [0.1, 0.15) is 0 Å². The fourth-order valence-electron chi connectivity index (χ4n) is 2.58. The number of ether oxygens (including phenoxy) is 1. The van der Waals surface area contributed by atoms with E-state index in [9.17, 15) is 13.6 Å². The predicted octanol–water partition coefficient (Wildman–Crippen LogP) is 1.01. The van der Waals surface area contributed by atoms with Crippen LogP contribution in [0.3, 0.4) is 0 Å². The Kier molecular flexibility index (Phi) is 5.05. The van der Waals surface area contributed by atoms with Crippen LogP contribution in [0.25, 0.3) is 0 Å². The van der Waals surface area contributed by atoms with Gasteiger partial charge in [0.1, 0.15) is 24.0 Å². The number of halogens is 2. The maximum Gasteiger partial charge on any atom is 0.293 e. The molecule has 0 amide bonds. The van der Waals surface area contributed by atoms with Crippen molar-refractivity contribution < 1.29 is 13.5 Å². The Labute approximate surface area is 137 Å². The quantitative estimate of drug-likeness (QED) is 0.883. The molecule has 1 saturated heterocycles. The third-order valence-corrected chi connectivity index (χ3v) is 3.75. The lowest BCUT2D eigenvalue weighted by Crippen LogP contribution is -2.46.